The van der Waals surface area contributed by atoms with E-state index in [9.17, 15) is 4.79 Å². The lowest BCUT2D eigenvalue weighted by Gasteiger charge is -2.20. The highest BCUT2D eigenvalue weighted by Crippen LogP contribution is 2.13. The van der Waals surface area contributed by atoms with Crippen LogP contribution in [0.2, 0.25) is 0 Å². The number of nitrogens with one attached hydrogen (secondary N) is 1. The van der Waals surface area contributed by atoms with Gasteiger partial charge in [0, 0.05) is 11.1 Å². The normalized spacial score (nSPS) is 11.2. The van der Waals surface area contributed by atoms with Gasteiger partial charge >= 0.3 is 0 Å². The second-order valence-electron chi connectivity index (χ2n) is 5.41. The number of carbonyl (C=O) groups excluding carboxylic acids is 1. The van der Waals surface area contributed by atoms with Gasteiger partial charge in [-0.1, -0.05) is 0 Å². The van der Waals surface area contributed by atoms with Crippen molar-refractivity contribution < 1.29 is 19.4 Å². The molecule has 0 unspecified atom stereocenters. The van der Waals surface area contributed by atoms with Crippen molar-refractivity contribution in [1.82, 2.24) is 5.32 Å². The lowest BCUT2D eigenvalue weighted by Crippen LogP contribution is -2.40. The predicted octanol–water partition coefficient (Wildman–Crippen LogP) is 1.60. The molecule has 1 rings (SSSR count). The number of hydrogen-bond acceptors (Lipinski definition) is 4. The molecule has 0 fully saturated rings. The molecule has 2 N–H and O–H groups in total. The van der Waals surface area contributed by atoms with Crippen LogP contribution in [0.15, 0.2) is 24.3 Å². The third-order valence-electron chi connectivity index (χ3n) is 2.34. The molecule has 0 radical (unpaired) electrons. The fraction of sp³-hybridized carbons (Fsp3) is 0.533. The lowest BCUT2D eigenvalue weighted by molar-refractivity contribution is 0.0705. The Morgan fingerprint density at radius 3 is 2.35 bits per heavy atom. The second kappa shape index (κ2) is 7.87. The lowest BCUT2D eigenvalue weighted by atomic mass is 10.1. The second-order valence-corrected chi connectivity index (χ2v) is 5.41. The number of ether oxygens (including phenoxy) is 2. The monoisotopic (exact) mass is 281 g/mol. The van der Waals surface area contributed by atoms with Crippen molar-refractivity contribution in [3.05, 3.63) is 29.8 Å². The summed E-state index contributed by atoms with van der Waals surface area (Å²) < 4.78 is 10.5. The molecular formula is C15H23NO4. The molecule has 0 saturated carbocycles. The highest BCUT2D eigenvalue weighted by Gasteiger charge is 2.14. The van der Waals surface area contributed by atoms with E-state index in [1.165, 1.54) is 0 Å². The van der Waals surface area contributed by atoms with Gasteiger partial charge in [0.1, 0.15) is 12.4 Å². The summed E-state index contributed by atoms with van der Waals surface area (Å²) in [5, 5.41) is 11.4. The van der Waals surface area contributed by atoms with Crippen LogP contribution < -0.4 is 10.1 Å². The molecule has 0 heterocycles. The molecule has 1 amide bonds. The zero-order valence-corrected chi connectivity index (χ0v) is 12.3. The SMILES string of the molecule is CC(C)(C)NC(=O)c1ccc(OCCOCCO)cc1. The quantitative estimate of drug-likeness (QED) is 0.745. The van der Waals surface area contributed by atoms with Gasteiger partial charge in [-0.05, 0) is 45.0 Å². The molecule has 0 aliphatic rings. The first-order chi connectivity index (χ1) is 9.42. The van der Waals surface area contributed by atoms with Gasteiger partial charge < -0.3 is 19.9 Å². The van der Waals surface area contributed by atoms with E-state index in [0.29, 0.717) is 31.1 Å². The Hall–Kier alpha value is -1.59. The summed E-state index contributed by atoms with van der Waals surface area (Å²) in [5.74, 6) is 0.584. The zero-order chi connectivity index (χ0) is 15.0. The topological polar surface area (TPSA) is 67.8 Å². The van der Waals surface area contributed by atoms with Crippen LogP contribution in [-0.4, -0.2) is 43.0 Å². The molecule has 0 bridgehead atoms. The molecular weight excluding hydrogens is 258 g/mol. The van der Waals surface area contributed by atoms with Gasteiger partial charge in [-0.25, -0.2) is 0 Å². The van der Waals surface area contributed by atoms with Gasteiger partial charge in [0.2, 0.25) is 0 Å². The van der Waals surface area contributed by atoms with Gasteiger partial charge in [-0.2, -0.15) is 0 Å². The summed E-state index contributed by atoms with van der Waals surface area (Å²) in [6.07, 6.45) is 0. The van der Waals surface area contributed by atoms with Crippen molar-refractivity contribution in [1.29, 1.82) is 0 Å². The van der Waals surface area contributed by atoms with Crippen molar-refractivity contribution in [3.8, 4) is 5.75 Å². The first-order valence-electron chi connectivity index (χ1n) is 6.66. The summed E-state index contributed by atoms with van der Waals surface area (Å²) in [6, 6.07) is 6.96. The number of carbonyl (C=O) groups is 1. The smallest absolute Gasteiger partial charge is 0.251 e. The average Bonchev–Trinajstić information content (AvgIpc) is 2.37. The summed E-state index contributed by atoms with van der Waals surface area (Å²) in [6.45, 7) is 6.98. The van der Waals surface area contributed by atoms with E-state index in [-0.39, 0.29) is 18.1 Å². The minimum atomic E-state index is -0.254. The Balaban J connectivity index is 2.42. The standard InChI is InChI=1S/C15H23NO4/c1-15(2,3)16-14(18)12-4-6-13(7-5-12)20-11-10-19-9-8-17/h4-7,17H,8-11H2,1-3H3,(H,16,18). The molecule has 5 nitrogen and oxygen atoms in total. The van der Waals surface area contributed by atoms with Crippen LogP contribution in [0, 0.1) is 0 Å². The number of hydrogen-bond donors (Lipinski definition) is 2. The zero-order valence-electron chi connectivity index (χ0n) is 12.3. The summed E-state index contributed by atoms with van der Waals surface area (Å²) in [5.41, 5.74) is 0.347. The highest BCUT2D eigenvalue weighted by atomic mass is 16.5. The Labute approximate surface area is 119 Å². The number of rotatable bonds is 7. The van der Waals surface area contributed by atoms with Gasteiger partial charge in [-0.3, -0.25) is 4.79 Å². The number of aliphatic hydroxyl groups excluding tert-OH is 1. The van der Waals surface area contributed by atoms with Crippen LogP contribution in [0.4, 0.5) is 0 Å². The Kier molecular flexibility index (Phi) is 6.48. The van der Waals surface area contributed by atoms with Crippen LogP contribution in [-0.2, 0) is 4.74 Å². The van der Waals surface area contributed by atoms with Crippen LogP contribution in [0.1, 0.15) is 31.1 Å². The van der Waals surface area contributed by atoms with Gasteiger partial charge in [0.15, 0.2) is 0 Å². The molecule has 20 heavy (non-hydrogen) atoms. The summed E-state index contributed by atoms with van der Waals surface area (Å²) in [7, 11) is 0. The number of aliphatic hydroxyl groups is 1. The van der Waals surface area contributed by atoms with Gasteiger partial charge in [0.25, 0.3) is 5.91 Å². The Morgan fingerprint density at radius 1 is 1.15 bits per heavy atom. The first-order valence-corrected chi connectivity index (χ1v) is 6.66. The largest absolute Gasteiger partial charge is 0.491 e. The van der Waals surface area contributed by atoms with Crippen molar-refractivity contribution in [2.45, 2.75) is 26.3 Å². The van der Waals surface area contributed by atoms with Crippen LogP contribution in [0.25, 0.3) is 0 Å². The van der Waals surface area contributed by atoms with E-state index in [1.807, 2.05) is 20.8 Å². The van der Waals surface area contributed by atoms with E-state index in [1.54, 1.807) is 24.3 Å². The predicted molar refractivity (Wildman–Crippen MR) is 77.1 cm³/mol. The number of benzene rings is 1. The van der Waals surface area contributed by atoms with Gasteiger partial charge in [-0.15, -0.1) is 0 Å². The van der Waals surface area contributed by atoms with E-state index < -0.39 is 0 Å². The van der Waals surface area contributed by atoms with E-state index >= 15 is 0 Å². The molecule has 112 valence electrons. The molecule has 0 aliphatic heterocycles. The van der Waals surface area contributed by atoms with E-state index in [4.69, 9.17) is 14.6 Å². The molecule has 0 aliphatic carbocycles. The summed E-state index contributed by atoms with van der Waals surface area (Å²) in [4.78, 5) is 11.9. The van der Waals surface area contributed by atoms with E-state index in [0.717, 1.165) is 0 Å². The fourth-order valence-corrected chi connectivity index (χ4v) is 1.50. The third kappa shape index (κ3) is 6.54. The van der Waals surface area contributed by atoms with Crippen molar-refractivity contribution >= 4 is 5.91 Å². The fourth-order valence-electron chi connectivity index (χ4n) is 1.50. The average molecular weight is 281 g/mol. The maximum absolute atomic E-state index is 11.9. The minimum absolute atomic E-state index is 0.0115. The Morgan fingerprint density at radius 2 is 1.80 bits per heavy atom. The third-order valence-corrected chi connectivity index (χ3v) is 2.34. The molecule has 0 atom stereocenters. The molecule has 0 saturated heterocycles. The Bertz CT molecular complexity index is 409. The van der Waals surface area contributed by atoms with Gasteiger partial charge in [0.05, 0.1) is 19.8 Å². The minimum Gasteiger partial charge on any atom is -0.491 e. The van der Waals surface area contributed by atoms with Crippen molar-refractivity contribution in [3.63, 3.8) is 0 Å². The summed E-state index contributed by atoms with van der Waals surface area (Å²) >= 11 is 0. The molecule has 5 heteroatoms. The van der Waals surface area contributed by atoms with Crippen LogP contribution >= 0.6 is 0 Å². The molecule has 0 spiro atoms. The van der Waals surface area contributed by atoms with Crippen molar-refractivity contribution in [2.24, 2.45) is 0 Å². The van der Waals surface area contributed by atoms with Crippen LogP contribution in [0.5, 0.6) is 5.75 Å². The van der Waals surface area contributed by atoms with Crippen molar-refractivity contribution in [2.75, 3.05) is 26.4 Å². The highest BCUT2D eigenvalue weighted by molar-refractivity contribution is 5.94. The maximum Gasteiger partial charge on any atom is 0.251 e. The first kappa shape index (κ1) is 16.5. The maximum atomic E-state index is 11.9. The molecule has 1 aromatic rings. The number of amides is 1. The molecule has 1 aromatic carbocycles. The molecule has 0 aromatic heterocycles. The van der Waals surface area contributed by atoms with E-state index in [2.05, 4.69) is 5.32 Å². The van der Waals surface area contributed by atoms with Crippen LogP contribution in [0.3, 0.4) is 0 Å².